The minimum absolute atomic E-state index is 0.295. The van der Waals surface area contributed by atoms with Crippen LogP contribution in [-0.4, -0.2) is 35.2 Å². The average molecular weight is 247 g/mol. The average Bonchev–Trinajstić information content (AvgIpc) is 2.52. The van der Waals surface area contributed by atoms with Gasteiger partial charge in [-0.3, -0.25) is 4.90 Å². The summed E-state index contributed by atoms with van der Waals surface area (Å²) >= 11 is 0. The van der Waals surface area contributed by atoms with Gasteiger partial charge in [0.05, 0.1) is 5.60 Å². The number of benzene rings is 1. The van der Waals surface area contributed by atoms with Crippen molar-refractivity contribution in [3.05, 3.63) is 35.4 Å². The third kappa shape index (κ3) is 3.12. The highest BCUT2D eigenvalue weighted by atomic mass is 16.3. The third-order valence-corrected chi connectivity index (χ3v) is 4.30. The van der Waals surface area contributed by atoms with Crippen LogP contribution in [0.3, 0.4) is 0 Å². The van der Waals surface area contributed by atoms with Crippen molar-refractivity contribution < 1.29 is 5.11 Å². The van der Waals surface area contributed by atoms with E-state index >= 15 is 0 Å². The molecule has 1 aromatic rings. The molecule has 1 heterocycles. The molecule has 1 N–H and O–H groups in total. The zero-order chi connectivity index (χ0) is 13.2. The lowest BCUT2D eigenvalue weighted by molar-refractivity contribution is -0.0179. The fourth-order valence-corrected chi connectivity index (χ4v) is 2.51. The number of hydrogen-bond acceptors (Lipinski definition) is 2. The van der Waals surface area contributed by atoms with E-state index < -0.39 is 5.60 Å². The zero-order valence-corrected chi connectivity index (χ0v) is 11.8. The van der Waals surface area contributed by atoms with E-state index in [1.807, 2.05) is 6.92 Å². The molecule has 2 heteroatoms. The van der Waals surface area contributed by atoms with Crippen LogP contribution in [0.2, 0.25) is 0 Å². The first kappa shape index (κ1) is 13.6. The van der Waals surface area contributed by atoms with Crippen LogP contribution < -0.4 is 0 Å². The van der Waals surface area contributed by atoms with Crippen molar-refractivity contribution in [2.24, 2.45) is 5.92 Å². The molecular formula is C16H25NO. The molecule has 0 aromatic heterocycles. The first-order valence-corrected chi connectivity index (χ1v) is 7.00. The molecule has 0 aliphatic carbocycles. The maximum Gasteiger partial charge on any atom is 0.0768 e. The van der Waals surface area contributed by atoms with Gasteiger partial charge in [0.1, 0.15) is 0 Å². The molecule has 1 aliphatic rings. The van der Waals surface area contributed by atoms with Crippen molar-refractivity contribution >= 4 is 0 Å². The van der Waals surface area contributed by atoms with Crippen molar-refractivity contribution in [3.8, 4) is 0 Å². The van der Waals surface area contributed by atoms with Gasteiger partial charge >= 0.3 is 0 Å². The normalized spacial score (nSPS) is 20.3. The van der Waals surface area contributed by atoms with Crippen molar-refractivity contribution in [1.82, 2.24) is 4.90 Å². The number of fused-ring (bicyclic) bond motifs is 1. The lowest BCUT2D eigenvalue weighted by atomic mass is 9.92. The van der Waals surface area contributed by atoms with Gasteiger partial charge in [-0.05, 0) is 36.8 Å². The van der Waals surface area contributed by atoms with Crippen LogP contribution in [0.25, 0.3) is 0 Å². The Bertz CT molecular complexity index is 371. The number of aliphatic hydroxyl groups is 1. The molecule has 1 aromatic carbocycles. The van der Waals surface area contributed by atoms with Gasteiger partial charge in [0.2, 0.25) is 0 Å². The minimum atomic E-state index is -0.587. The van der Waals surface area contributed by atoms with E-state index in [-0.39, 0.29) is 0 Å². The second-order valence-corrected chi connectivity index (χ2v) is 6.06. The van der Waals surface area contributed by atoms with Crippen molar-refractivity contribution in [2.45, 2.75) is 39.2 Å². The smallest absolute Gasteiger partial charge is 0.0768 e. The summed E-state index contributed by atoms with van der Waals surface area (Å²) in [6, 6.07) is 8.72. The van der Waals surface area contributed by atoms with E-state index in [0.29, 0.717) is 5.92 Å². The summed E-state index contributed by atoms with van der Waals surface area (Å²) in [5.41, 5.74) is 2.37. The van der Waals surface area contributed by atoms with Gasteiger partial charge in [-0.15, -0.1) is 0 Å². The number of nitrogens with zero attached hydrogens (tertiary/aromatic N) is 1. The van der Waals surface area contributed by atoms with E-state index in [1.165, 1.54) is 11.1 Å². The maximum atomic E-state index is 10.4. The fourth-order valence-electron chi connectivity index (χ4n) is 2.51. The van der Waals surface area contributed by atoms with Gasteiger partial charge < -0.3 is 5.11 Å². The molecule has 0 amide bonds. The minimum Gasteiger partial charge on any atom is -0.389 e. The second-order valence-electron chi connectivity index (χ2n) is 6.06. The molecular weight excluding hydrogens is 222 g/mol. The van der Waals surface area contributed by atoms with Gasteiger partial charge in [-0.2, -0.15) is 0 Å². The zero-order valence-electron chi connectivity index (χ0n) is 11.8. The molecule has 2 nitrogen and oxygen atoms in total. The molecule has 18 heavy (non-hydrogen) atoms. The number of rotatable bonds is 3. The highest BCUT2D eigenvalue weighted by molar-refractivity contribution is 5.28. The molecule has 1 atom stereocenters. The second kappa shape index (κ2) is 5.41. The molecule has 1 unspecified atom stereocenters. The van der Waals surface area contributed by atoms with Crippen molar-refractivity contribution in [1.29, 1.82) is 0 Å². The van der Waals surface area contributed by atoms with Crippen LogP contribution in [-0.2, 0) is 12.8 Å². The van der Waals surface area contributed by atoms with E-state index in [2.05, 4.69) is 43.0 Å². The predicted molar refractivity (Wildman–Crippen MR) is 75.8 cm³/mol. The van der Waals surface area contributed by atoms with Crippen LogP contribution >= 0.6 is 0 Å². The Morgan fingerprint density at radius 1 is 1.17 bits per heavy atom. The first-order valence-electron chi connectivity index (χ1n) is 7.00. The number of hydrogen-bond donors (Lipinski definition) is 1. The van der Waals surface area contributed by atoms with Crippen LogP contribution in [0.5, 0.6) is 0 Å². The lowest BCUT2D eigenvalue weighted by Crippen LogP contribution is -2.45. The van der Waals surface area contributed by atoms with E-state index in [4.69, 9.17) is 0 Å². The summed E-state index contributed by atoms with van der Waals surface area (Å²) in [6.45, 7) is 9.02. The largest absolute Gasteiger partial charge is 0.389 e. The topological polar surface area (TPSA) is 23.5 Å². The predicted octanol–water partition coefficient (Wildman–Crippen LogP) is 2.49. The summed E-state index contributed by atoms with van der Waals surface area (Å²) < 4.78 is 0. The van der Waals surface area contributed by atoms with E-state index in [9.17, 15) is 5.11 Å². The van der Waals surface area contributed by atoms with Crippen LogP contribution in [0, 0.1) is 5.92 Å². The third-order valence-electron chi connectivity index (χ3n) is 4.30. The standard InChI is InChI=1S/C16H25NO/c1-13(2)16(3,18)12-17-10-8-14-6-4-5-7-15(14)9-11-17/h4-7,13,18H,8-12H2,1-3H3. The summed E-state index contributed by atoms with van der Waals surface area (Å²) in [5.74, 6) is 0.295. The van der Waals surface area contributed by atoms with Gasteiger partial charge in [0.15, 0.2) is 0 Å². The quantitative estimate of drug-likeness (QED) is 0.887. The monoisotopic (exact) mass is 247 g/mol. The molecule has 0 saturated carbocycles. The molecule has 0 bridgehead atoms. The van der Waals surface area contributed by atoms with Crippen molar-refractivity contribution in [3.63, 3.8) is 0 Å². The number of β-amino-alcohol motifs (C(OH)–C–C–N with tert-alkyl or cyclic N) is 1. The Balaban J connectivity index is 2.00. The summed E-state index contributed by atoms with van der Waals surface area (Å²) in [6.07, 6.45) is 2.20. The van der Waals surface area contributed by atoms with Gasteiger partial charge in [-0.25, -0.2) is 0 Å². The SMILES string of the molecule is CC(C)C(C)(O)CN1CCc2ccccc2CC1. The summed E-state index contributed by atoms with van der Waals surface area (Å²) in [4.78, 5) is 2.40. The Hall–Kier alpha value is -0.860. The summed E-state index contributed by atoms with van der Waals surface area (Å²) in [7, 11) is 0. The maximum absolute atomic E-state index is 10.4. The highest BCUT2D eigenvalue weighted by Gasteiger charge is 2.28. The Morgan fingerprint density at radius 3 is 2.11 bits per heavy atom. The highest BCUT2D eigenvalue weighted by Crippen LogP contribution is 2.21. The Kier molecular flexibility index (Phi) is 4.08. The molecule has 100 valence electrons. The molecule has 0 saturated heterocycles. The fraction of sp³-hybridized carbons (Fsp3) is 0.625. The first-order chi connectivity index (χ1) is 8.49. The van der Waals surface area contributed by atoms with Gasteiger partial charge in [0.25, 0.3) is 0 Å². The van der Waals surface area contributed by atoms with Crippen LogP contribution in [0.15, 0.2) is 24.3 Å². The van der Waals surface area contributed by atoms with E-state index in [0.717, 1.165) is 32.5 Å². The Labute approximate surface area is 111 Å². The molecule has 1 aliphatic heterocycles. The molecule has 0 radical (unpaired) electrons. The van der Waals surface area contributed by atoms with Crippen LogP contribution in [0.1, 0.15) is 31.9 Å². The van der Waals surface area contributed by atoms with Gasteiger partial charge in [-0.1, -0.05) is 38.1 Å². The lowest BCUT2D eigenvalue weighted by Gasteiger charge is -2.33. The van der Waals surface area contributed by atoms with Gasteiger partial charge in [0, 0.05) is 19.6 Å². The van der Waals surface area contributed by atoms with Crippen molar-refractivity contribution in [2.75, 3.05) is 19.6 Å². The Morgan fingerprint density at radius 2 is 1.67 bits per heavy atom. The van der Waals surface area contributed by atoms with E-state index in [1.54, 1.807) is 0 Å². The van der Waals surface area contributed by atoms with Crippen LogP contribution in [0.4, 0.5) is 0 Å². The molecule has 2 rings (SSSR count). The molecule has 0 spiro atoms. The summed E-state index contributed by atoms with van der Waals surface area (Å²) in [5, 5.41) is 10.4. The molecule has 0 fully saturated rings.